The summed E-state index contributed by atoms with van der Waals surface area (Å²) < 4.78 is 24.3. The van der Waals surface area contributed by atoms with Crippen molar-refractivity contribution in [3.8, 4) is 46.0 Å². The maximum Gasteiger partial charge on any atom is 0.229 e. The van der Waals surface area contributed by atoms with Crippen LogP contribution in [0.1, 0.15) is 62.0 Å². The molecule has 7 rings (SSSR count). The van der Waals surface area contributed by atoms with E-state index >= 15 is 0 Å². The summed E-state index contributed by atoms with van der Waals surface area (Å²) in [5.41, 5.74) is -0.183. The second kappa shape index (κ2) is 12.9. The molecule has 3 aliphatic heterocycles. The summed E-state index contributed by atoms with van der Waals surface area (Å²) in [5, 5.41) is 93.8. The van der Waals surface area contributed by atoms with Crippen LogP contribution in [0, 0.1) is 0 Å². The number of hydrogen-bond donors (Lipinski definition) is 9. The van der Waals surface area contributed by atoms with Crippen LogP contribution in [0.4, 0.5) is 0 Å². The maximum absolute atomic E-state index is 14.7. The molecule has 4 aromatic carbocycles. The fraction of sp³-hybridized carbons (Fsp3) is 0.278. The molecule has 3 unspecified atom stereocenters. The van der Waals surface area contributed by atoms with E-state index in [9.17, 15) is 55.5 Å². The van der Waals surface area contributed by atoms with Gasteiger partial charge in [-0.2, -0.15) is 0 Å². The number of phenolic OH excluding ortho intramolecular Hbond substituents is 5. The molecule has 0 saturated carbocycles. The fourth-order valence-electron chi connectivity index (χ4n) is 6.67. The highest BCUT2D eigenvalue weighted by Gasteiger charge is 2.49. The van der Waals surface area contributed by atoms with Gasteiger partial charge >= 0.3 is 0 Å². The van der Waals surface area contributed by atoms with Gasteiger partial charge in [0.05, 0.1) is 24.5 Å². The summed E-state index contributed by atoms with van der Waals surface area (Å²) in [4.78, 5) is 28.5. The number of Topliss-reactive ketones (excluding diaryl/α,β-unsaturated/α-hetero) is 2. The Kier molecular flexibility index (Phi) is 8.61. The first-order valence-electron chi connectivity index (χ1n) is 15.8. The van der Waals surface area contributed by atoms with Crippen molar-refractivity contribution in [2.45, 2.75) is 55.3 Å². The number of carbonyl (C=O) groups excluding carboxylic acids is 2. The van der Waals surface area contributed by atoms with Crippen molar-refractivity contribution in [2.24, 2.45) is 0 Å². The third kappa shape index (κ3) is 5.90. The van der Waals surface area contributed by atoms with Crippen LogP contribution in [-0.2, 0) is 4.74 Å². The normalized spacial score (nSPS) is 27.1. The number of rotatable bonds is 6. The van der Waals surface area contributed by atoms with Crippen molar-refractivity contribution >= 4 is 11.6 Å². The lowest BCUT2D eigenvalue weighted by Gasteiger charge is -2.41. The maximum atomic E-state index is 14.7. The van der Waals surface area contributed by atoms with Crippen LogP contribution in [0.2, 0.25) is 0 Å². The van der Waals surface area contributed by atoms with E-state index in [0.717, 1.165) is 18.2 Å². The Labute approximate surface area is 288 Å². The van der Waals surface area contributed by atoms with Gasteiger partial charge in [0.25, 0.3) is 0 Å². The molecule has 3 heterocycles. The minimum atomic E-state index is -1.93. The van der Waals surface area contributed by atoms with E-state index in [4.69, 9.17) is 18.9 Å². The highest BCUT2D eigenvalue weighted by atomic mass is 16.7. The van der Waals surface area contributed by atoms with Gasteiger partial charge in [-0.1, -0.05) is 24.3 Å². The van der Waals surface area contributed by atoms with E-state index in [1.165, 1.54) is 48.5 Å². The Morgan fingerprint density at radius 3 is 1.98 bits per heavy atom. The Balaban J connectivity index is 1.47. The number of fused-ring (bicyclic) bond motifs is 2. The Morgan fingerprint density at radius 1 is 0.706 bits per heavy atom. The molecule has 1 fully saturated rings. The molecule has 0 aromatic heterocycles. The zero-order valence-electron chi connectivity index (χ0n) is 26.4. The predicted octanol–water partition coefficient (Wildman–Crippen LogP) is 2.20. The average Bonchev–Trinajstić information content (AvgIpc) is 3.09. The van der Waals surface area contributed by atoms with Crippen LogP contribution in [0.25, 0.3) is 0 Å². The Bertz CT molecular complexity index is 1990. The molecule has 8 atom stereocenters. The number of hydrogen-bond acceptors (Lipinski definition) is 15. The molecular weight excluding hydrogens is 672 g/mol. The lowest BCUT2D eigenvalue weighted by molar-refractivity contribution is -0.277. The molecule has 9 N–H and O–H groups in total. The molecule has 3 aliphatic rings. The van der Waals surface area contributed by atoms with Crippen molar-refractivity contribution in [1.82, 2.24) is 0 Å². The number of phenols is 5. The first-order chi connectivity index (χ1) is 24.4. The van der Waals surface area contributed by atoms with Crippen molar-refractivity contribution in [3.63, 3.8) is 0 Å². The van der Waals surface area contributed by atoms with Crippen LogP contribution in [0.15, 0.2) is 66.7 Å². The molecule has 0 radical (unpaired) electrons. The van der Waals surface area contributed by atoms with Crippen LogP contribution in [0.3, 0.4) is 0 Å². The van der Waals surface area contributed by atoms with Gasteiger partial charge in [-0.25, -0.2) is 0 Å². The van der Waals surface area contributed by atoms with Gasteiger partial charge < -0.3 is 64.9 Å². The van der Waals surface area contributed by atoms with Gasteiger partial charge in [0, 0.05) is 18.2 Å². The van der Waals surface area contributed by atoms with E-state index in [1.54, 1.807) is 0 Å². The smallest absolute Gasteiger partial charge is 0.229 e. The third-order valence-electron chi connectivity index (χ3n) is 9.21. The molecule has 4 aromatic rings. The number of ketones is 2. The lowest BCUT2D eigenvalue weighted by Crippen LogP contribution is -2.60. The highest BCUT2D eigenvalue weighted by molar-refractivity contribution is 6.09. The third-order valence-corrected chi connectivity index (χ3v) is 9.21. The Hall–Kier alpha value is -5.58. The summed E-state index contributed by atoms with van der Waals surface area (Å²) >= 11 is 0. The first-order valence-corrected chi connectivity index (χ1v) is 15.8. The van der Waals surface area contributed by atoms with E-state index < -0.39 is 90.0 Å². The molecule has 266 valence electrons. The molecule has 0 bridgehead atoms. The fourth-order valence-corrected chi connectivity index (χ4v) is 6.67. The second-order valence-electron chi connectivity index (χ2n) is 12.5. The molecule has 1 saturated heterocycles. The summed E-state index contributed by atoms with van der Waals surface area (Å²) in [6, 6.07) is 14.4. The van der Waals surface area contributed by atoms with E-state index in [0.29, 0.717) is 5.56 Å². The van der Waals surface area contributed by atoms with E-state index in [1.807, 2.05) is 0 Å². The topological polar surface area (TPSA) is 253 Å². The number of aliphatic hydroxyl groups is 4. The minimum Gasteiger partial charge on any atom is -0.508 e. The molecule has 0 amide bonds. The highest BCUT2D eigenvalue weighted by Crippen LogP contribution is 2.56. The first kappa shape index (κ1) is 33.9. The number of aromatic hydroxyl groups is 5. The summed E-state index contributed by atoms with van der Waals surface area (Å²) in [6.45, 7) is -0.792. The van der Waals surface area contributed by atoms with Crippen molar-refractivity contribution < 1.29 is 74.5 Å². The van der Waals surface area contributed by atoms with Gasteiger partial charge in [0.2, 0.25) is 6.29 Å². The molecular formula is C36H32O15. The van der Waals surface area contributed by atoms with Gasteiger partial charge in [-0.05, 0) is 35.4 Å². The minimum absolute atomic E-state index is 0.0546. The number of benzene rings is 4. The predicted molar refractivity (Wildman–Crippen MR) is 171 cm³/mol. The molecule has 15 heteroatoms. The largest absolute Gasteiger partial charge is 0.508 e. The van der Waals surface area contributed by atoms with Crippen LogP contribution >= 0.6 is 0 Å². The van der Waals surface area contributed by atoms with Crippen LogP contribution in [-0.4, -0.2) is 94.8 Å². The molecule has 0 spiro atoms. The number of ether oxygens (including phenoxy) is 4. The van der Waals surface area contributed by atoms with E-state index in [2.05, 4.69) is 0 Å². The average molecular weight is 705 g/mol. The monoisotopic (exact) mass is 704 g/mol. The Morgan fingerprint density at radius 2 is 1.33 bits per heavy atom. The quantitative estimate of drug-likeness (QED) is 0.139. The van der Waals surface area contributed by atoms with Gasteiger partial charge in [0.15, 0.2) is 11.6 Å². The number of aliphatic hydroxyl groups excluding tert-OH is 4. The summed E-state index contributed by atoms with van der Waals surface area (Å²) in [7, 11) is 0. The van der Waals surface area contributed by atoms with Crippen molar-refractivity contribution in [2.75, 3.05) is 6.61 Å². The molecule has 0 aliphatic carbocycles. The van der Waals surface area contributed by atoms with E-state index in [-0.39, 0.29) is 51.7 Å². The zero-order chi connectivity index (χ0) is 36.3. The van der Waals surface area contributed by atoms with Crippen molar-refractivity contribution in [1.29, 1.82) is 0 Å². The van der Waals surface area contributed by atoms with Crippen LogP contribution < -0.4 is 14.2 Å². The van der Waals surface area contributed by atoms with Gasteiger partial charge in [-0.15, -0.1) is 0 Å². The number of carbonyl (C=O) groups is 2. The van der Waals surface area contributed by atoms with Crippen molar-refractivity contribution in [3.05, 3.63) is 94.5 Å². The molecule has 15 nitrogen and oxygen atoms in total. The SMILES string of the molecule is O=C1CC(c2ccc(O)cc2)Oc2c1c(O)cc(O[C@@H]1O[C@H](CO)[C@@H](O)[C@H](O)[C@H]1O)c2C1C(=O)c2c(O)cc(O)cc2OC1c1ccc(O)cc1. The lowest BCUT2D eigenvalue weighted by atomic mass is 9.78. The zero-order valence-corrected chi connectivity index (χ0v) is 26.4. The standard InChI is InChI=1S/C36H32O15/c37-13-25-30(44)32(46)33(47)36(51-25)50-24-12-21(43)26-20(42)11-22(14-1-5-16(38)6-2-14)48-35(26)28(24)29-31(45)27-19(41)9-18(40)10-23(27)49-34(29)15-3-7-17(39)8-4-15/h1-10,12,22,25,29-30,32-34,36-41,43-44,46-47H,11,13H2/t22?,25-,29?,30-,32+,33-,34?,36-/m1/s1. The van der Waals surface area contributed by atoms with Crippen LogP contribution in [0.5, 0.6) is 46.0 Å². The molecule has 51 heavy (non-hydrogen) atoms. The summed E-state index contributed by atoms with van der Waals surface area (Å²) in [5.74, 6) is -5.85. The second-order valence-corrected chi connectivity index (χ2v) is 12.5. The van der Waals surface area contributed by atoms with Gasteiger partial charge in [0.1, 0.15) is 93.7 Å². The summed E-state index contributed by atoms with van der Waals surface area (Å²) in [6.07, 6.45) is -11.4. The van der Waals surface area contributed by atoms with Gasteiger partial charge in [-0.3, -0.25) is 9.59 Å².